The molecule has 1 saturated carbocycles. The lowest BCUT2D eigenvalue weighted by Gasteiger charge is -2.49. The number of anilines is 1. The molecule has 200 valence electrons. The quantitative estimate of drug-likeness (QED) is 0.466. The van der Waals surface area contributed by atoms with Gasteiger partial charge in [0, 0.05) is 5.92 Å². The maximum Gasteiger partial charge on any atom is 0.423 e. The number of aryl methyl sites for hydroxylation is 1. The normalized spacial score (nSPS) is 31.6. The van der Waals surface area contributed by atoms with Gasteiger partial charge in [0.25, 0.3) is 0 Å². The molecule has 2 saturated heterocycles. The van der Waals surface area contributed by atoms with Crippen molar-refractivity contribution in [3.05, 3.63) is 71.3 Å². The zero-order valence-electron chi connectivity index (χ0n) is 21.8. The number of ether oxygens (including phenoxy) is 1. The van der Waals surface area contributed by atoms with Gasteiger partial charge in [-0.25, -0.2) is 9.69 Å². The minimum absolute atomic E-state index is 0.107. The van der Waals surface area contributed by atoms with Crippen molar-refractivity contribution >= 4 is 35.4 Å². The number of phenols is 1. The minimum atomic E-state index is -1.17. The molecule has 5 amide bonds. The highest BCUT2D eigenvalue weighted by Gasteiger charge is 2.68. The summed E-state index contributed by atoms with van der Waals surface area (Å²) in [6.07, 6.45) is 1.32. The van der Waals surface area contributed by atoms with E-state index >= 15 is 0 Å². The average Bonchev–Trinajstić information content (AvgIpc) is 3.30. The van der Waals surface area contributed by atoms with Crippen LogP contribution >= 0.6 is 0 Å². The molecule has 0 radical (unpaired) electrons. The molecule has 2 aliphatic heterocycles. The van der Waals surface area contributed by atoms with Gasteiger partial charge in [-0.15, -0.1) is 0 Å². The molecule has 6 rings (SSSR count). The molecule has 9 heteroatoms. The van der Waals surface area contributed by atoms with E-state index in [4.69, 9.17) is 4.74 Å². The number of amides is 5. The number of benzene rings is 2. The van der Waals surface area contributed by atoms with Crippen molar-refractivity contribution < 1.29 is 33.8 Å². The molecule has 2 heterocycles. The molecular weight excluding hydrogens is 500 g/mol. The first-order valence-corrected chi connectivity index (χ1v) is 13.0. The summed E-state index contributed by atoms with van der Waals surface area (Å²) in [5, 5.41) is 10.2. The van der Waals surface area contributed by atoms with Gasteiger partial charge >= 0.3 is 6.09 Å². The van der Waals surface area contributed by atoms with Gasteiger partial charge in [-0.3, -0.25) is 19.2 Å². The monoisotopic (exact) mass is 528 g/mol. The number of aromatic hydroxyl groups is 1. The first-order valence-electron chi connectivity index (χ1n) is 13.0. The Balaban J connectivity index is 1.52. The molecule has 0 bridgehead atoms. The van der Waals surface area contributed by atoms with Gasteiger partial charge in [0.1, 0.15) is 5.75 Å². The largest absolute Gasteiger partial charge is 0.508 e. The van der Waals surface area contributed by atoms with Gasteiger partial charge in [-0.1, -0.05) is 42.0 Å². The number of methoxy groups -OCH3 is 1. The van der Waals surface area contributed by atoms with Gasteiger partial charge in [0.05, 0.1) is 36.0 Å². The smallest absolute Gasteiger partial charge is 0.423 e. The van der Waals surface area contributed by atoms with Crippen molar-refractivity contribution in [1.29, 1.82) is 0 Å². The summed E-state index contributed by atoms with van der Waals surface area (Å²) in [6, 6.07) is 13.9. The molecule has 6 atom stereocenters. The van der Waals surface area contributed by atoms with Crippen LogP contribution in [-0.4, -0.2) is 46.8 Å². The number of nitrogens with zero attached hydrogens (tertiary/aromatic N) is 2. The Hall–Kier alpha value is -4.27. The van der Waals surface area contributed by atoms with E-state index in [1.165, 1.54) is 4.90 Å². The number of hydrogen-bond donors (Lipinski definition) is 1. The van der Waals surface area contributed by atoms with Gasteiger partial charge in [-0.2, -0.15) is 4.90 Å². The zero-order chi connectivity index (χ0) is 27.8. The molecule has 4 aliphatic rings. The number of phenolic OH excluding ortho intramolecular Hbond substituents is 1. The third-order valence-electron chi connectivity index (χ3n) is 9.20. The number of likely N-dealkylation sites (tertiary alicyclic amines) is 1. The number of allylic oxidation sites excluding steroid dienone is 2. The van der Waals surface area contributed by atoms with Crippen LogP contribution in [0.2, 0.25) is 0 Å². The van der Waals surface area contributed by atoms with Crippen molar-refractivity contribution in [3.63, 3.8) is 0 Å². The van der Waals surface area contributed by atoms with E-state index in [1.54, 1.807) is 56.3 Å². The van der Waals surface area contributed by atoms with Crippen molar-refractivity contribution in [2.75, 3.05) is 12.0 Å². The van der Waals surface area contributed by atoms with E-state index in [2.05, 4.69) is 0 Å². The lowest BCUT2D eigenvalue weighted by atomic mass is 9.51. The molecule has 0 spiro atoms. The lowest BCUT2D eigenvalue weighted by Crippen LogP contribution is -2.49. The fourth-order valence-electron chi connectivity index (χ4n) is 7.35. The third-order valence-corrected chi connectivity index (χ3v) is 9.20. The number of carbonyl (C=O) groups excluding carboxylic acids is 5. The molecule has 9 nitrogen and oxygen atoms in total. The van der Waals surface area contributed by atoms with Gasteiger partial charge < -0.3 is 9.84 Å². The molecule has 3 fully saturated rings. The van der Waals surface area contributed by atoms with E-state index in [0.29, 0.717) is 16.2 Å². The van der Waals surface area contributed by atoms with Crippen LogP contribution in [0, 0.1) is 36.0 Å². The molecular formula is C30H28N2O7. The second-order valence-electron chi connectivity index (χ2n) is 11.0. The van der Waals surface area contributed by atoms with E-state index in [0.717, 1.165) is 18.2 Å². The first kappa shape index (κ1) is 25.0. The van der Waals surface area contributed by atoms with Crippen LogP contribution in [0.1, 0.15) is 36.8 Å². The van der Waals surface area contributed by atoms with Crippen molar-refractivity contribution in [2.45, 2.75) is 32.6 Å². The third kappa shape index (κ3) is 3.28. The van der Waals surface area contributed by atoms with Crippen LogP contribution in [0.3, 0.4) is 0 Å². The van der Waals surface area contributed by atoms with E-state index in [9.17, 15) is 29.1 Å². The van der Waals surface area contributed by atoms with Gasteiger partial charge in [0.2, 0.25) is 23.6 Å². The van der Waals surface area contributed by atoms with E-state index in [1.807, 2.05) is 12.1 Å². The van der Waals surface area contributed by atoms with E-state index < -0.39 is 52.9 Å². The van der Waals surface area contributed by atoms with Crippen molar-refractivity contribution in [2.24, 2.45) is 29.1 Å². The highest BCUT2D eigenvalue weighted by atomic mass is 16.5. The van der Waals surface area contributed by atoms with E-state index in [-0.39, 0.29) is 30.4 Å². The Morgan fingerprint density at radius 2 is 1.72 bits per heavy atom. The van der Waals surface area contributed by atoms with Crippen LogP contribution in [-0.2, 0) is 23.9 Å². The summed E-state index contributed by atoms with van der Waals surface area (Å²) < 4.78 is 4.71. The number of para-hydroxylation sites is 1. The summed E-state index contributed by atoms with van der Waals surface area (Å²) in [4.78, 5) is 69.1. The number of carbonyl (C=O) groups is 5. The Morgan fingerprint density at radius 3 is 2.38 bits per heavy atom. The van der Waals surface area contributed by atoms with Crippen LogP contribution in [0.5, 0.6) is 5.75 Å². The van der Waals surface area contributed by atoms with Crippen LogP contribution in [0.15, 0.2) is 60.2 Å². The van der Waals surface area contributed by atoms with Gasteiger partial charge in [0.15, 0.2) is 0 Å². The zero-order valence-corrected chi connectivity index (χ0v) is 21.8. The number of fused-ring (bicyclic) bond motifs is 4. The fraction of sp³-hybridized carbons (Fsp3) is 0.367. The maximum absolute atomic E-state index is 14.2. The maximum atomic E-state index is 14.2. The summed E-state index contributed by atoms with van der Waals surface area (Å²) in [5.41, 5.74) is 1.47. The number of imide groups is 4. The first-order chi connectivity index (χ1) is 18.6. The fourth-order valence-corrected chi connectivity index (χ4v) is 7.35. The molecule has 2 aromatic carbocycles. The SMILES string of the molecule is COC(=O)N1C(=O)[C@H]2[C@H](CC=C3[C@H]2C[C@H]2C(=O)N(c4ccccc4)C(=O)[C@@]2(C)[C@H]3c2ccc(O)c(C)c2)C1=O. The Kier molecular flexibility index (Phi) is 5.54. The average molecular weight is 529 g/mol. The lowest BCUT2D eigenvalue weighted by molar-refractivity contribution is -0.138. The number of rotatable bonds is 2. The summed E-state index contributed by atoms with van der Waals surface area (Å²) >= 11 is 0. The molecule has 0 aromatic heterocycles. The summed E-state index contributed by atoms with van der Waals surface area (Å²) in [6.45, 7) is 3.56. The van der Waals surface area contributed by atoms with Crippen LogP contribution in [0.25, 0.3) is 0 Å². The molecule has 39 heavy (non-hydrogen) atoms. The molecule has 2 aliphatic carbocycles. The highest BCUT2D eigenvalue weighted by Crippen LogP contribution is 2.63. The Labute approximate surface area is 225 Å². The van der Waals surface area contributed by atoms with Gasteiger partial charge in [-0.05, 0) is 61.9 Å². The van der Waals surface area contributed by atoms with Crippen molar-refractivity contribution in [3.8, 4) is 5.75 Å². The predicted molar refractivity (Wildman–Crippen MR) is 138 cm³/mol. The molecule has 1 N–H and O–H groups in total. The van der Waals surface area contributed by atoms with Crippen LogP contribution in [0.4, 0.5) is 10.5 Å². The predicted octanol–water partition coefficient (Wildman–Crippen LogP) is 3.70. The summed E-state index contributed by atoms with van der Waals surface area (Å²) in [7, 11) is 1.12. The standard InChI is InChI=1S/C30H28N2O7/c1-15-13-16(9-12-22(15)33)24-18-10-11-19-23(27(36)32(25(19)34)29(38)39-3)20(18)14-21-26(35)31(28(37)30(21,24)2)17-7-5-4-6-8-17/h4-10,12-13,19-21,23-24,33H,11,14H2,1-3H3/t19-,20+,21-,23-,24-,30+/m0/s1. The topological polar surface area (TPSA) is 121 Å². The second kappa shape index (κ2) is 8.62. The molecule has 2 aromatic rings. The Morgan fingerprint density at radius 1 is 1.00 bits per heavy atom. The Bertz CT molecular complexity index is 1480. The van der Waals surface area contributed by atoms with Crippen LogP contribution < -0.4 is 4.90 Å². The minimum Gasteiger partial charge on any atom is -0.508 e. The van der Waals surface area contributed by atoms with Crippen molar-refractivity contribution in [1.82, 2.24) is 4.90 Å². The summed E-state index contributed by atoms with van der Waals surface area (Å²) in [5.74, 6) is -5.25. The highest BCUT2D eigenvalue weighted by molar-refractivity contribution is 6.24. The number of hydrogen-bond acceptors (Lipinski definition) is 7. The molecule has 0 unspecified atom stereocenters. The second-order valence-corrected chi connectivity index (χ2v) is 11.0.